The summed E-state index contributed by atoms with van der Waals surface area (Å²) in [6.07, 6.45) is 21.2. The summed E-state index contributed by atoms with van der Waals surface area (Å²) < 4.78 is 0. The van der Waals surface area contributed by atoms with Crippen LogP contribution in [0.4, 0.5) is 0 Å². The van der Waals surface area contributed by atoms with Crippen molar-refractivity contribution in [1.29, 1.82) is 0 Å². The predicted octanol–water partition coefficient (Wildman–Crippen LogP) is 8.00. The summed E-state index contributed by atoms with van der Waals surface area (Å²) in [6, 6.07) is 31.4. The van der Waals surface area contributed by atoms with Crippen LogP contribution in [0.2, 0.25) is 0 Å². The van der Waals surface area contributed by atoms with E-state index in [1.54, 1.807) is 0 Å². The van der Waals surface area contributed by atoms with E-state index in [2.05, 4.69) is 140 Å². The maximum absolute atomic E-state index is 2.32. The van der Waals surface area contributed by atoms with Crippen LogP contribution in [0.25, 0.3) is 18.2 Å². The third kappa shape index (κ3) is 5.46. The minimum Gasteiger partial charge on any atom is -0.0758 e. The van der Waals surface area contributed by atoms with Crippen LogP contribution in [0.3, 0.4) is 0 Å². The molecule has 146 valence electrons. The molecule has 30 heavy (non-hydrogen) atoms. The Morgan fingerprint density at radius 2 is 1.00 bits per heavy atom. The first-order valence-electron chi connectivity index (χ1n) is 10.4. The third-order valence-electron chi connectivity index (χ3n) is 5.32. The largest absolute Gasteiger partial charge is 0.0758 e. The van der Waals surface area contributed by atoms with Crippen molar-refractivity contribution in [3.63, 3.8) is 0 Å². The van der Waals surface area contributed by atoms with Gasteiger partial charge in [-0.05, 0) is 28.7 Å². The van der Waals surface area contributed by atoms with E-state index in [9.17, 15) is 0 Å². The number of allylic oxidation sites excluding steroid dienone is 7. The van der Waals surface area contributed by atoms with Crippen LogP contribution in [0.1, 0.15) is 23.1 Å². The normalized spacial score (nSPS) is 19.0. The fraction of sp³-hybridized carbons (Fsp3) is 0.0667. The molecular weight excluding hydrogens is 360 g/mol. The van der Waals surface area contributed by atoms with Crippen molar-refractivity contribution < 1.29 is 0 Å². The maximum atomic E-state index is 2.32. The molecule has 1 aliphatic carbocycles. The number of rotatable bonds is 6. The van der Waals surface area contributed by atoms with E-state index in [4.69, 9.17) is 0 Å². The Kier molecular flexibility index (Phi) is 6.37. The maximum Gasteiger partial charge on any atom is 0.0286 e. The first-order chi connectivity index (χ1) is 14.8. The van der Waals surface area contributed by atoms with E-state index < -0.39 is 0 Å². The van der Waals surface area contributed by atoms with Crippen molar-refractivity contribution in [3.8, 4) is 0 Å². The number of hydrogen-bond donors (Lipinski definition) is 0. The van der Waals surface area contributed by atoms with Gasteiger partial charge >= 0.3 is 0 Å². The second-order valence-electron chi connectivity index (χ2n) is 7.59. The van der Waals surface area contributed by atoms with Crippen molar-refractivity contribution in [3.05, 3.63) is 150 Å². The zero-order chi connectivity index (χ0) is 20.5. The monoisotopic (exact) mass is 386 g/mol. The summed E-state index contributed by atoms with van der Waals surface area (Å²) in [5.74, 6) is 0. The summed E-state index contributed by atoms with van der Waals surface area (Å²) in [7, 11) is 0. The highest BCUT2D eigenvalue weighted by Crippen LogP contribution is 2.35. The van der Waals surface area contributed by atoms with Gasteiger partial charge in [-0.25, -0.2) is 0 Å². The van der Waals surface area contributed by atoms with Gasteiger partial charge in [0, 0.05) is 5.41 Å². The van der Waals surface area contributed by atoms with Crippen LogP contribution in [-0.2, 0) is 0 Å². The van der Waals surface area contributed by atoms with Gasteiger partial charge in [-0.2, -0.15) is 0 Å². The van der Waals surface area contributed by atoms with Gasteiger partial charge in [-0.1, -0.05) is 146 Å². The molecule has 0 heterocycles. The predicted molar refractivity (Wildman–Crippen MR) is 131 cm³/mol. The molecule has 0 bridgehead atoms. The number of hydrogen-bond acceptors (Lipinski definition) is 0. The summed E-state index contributed by atoms with van der Waals surface area (Å²) >= 11 is 0. The van der Waals surface area contributed by atoms with Gasteiger partial charge in [0.05, 0.1) is 0 Å². The SMILES string of the molecule is C(=Cc1ccccc1)C1=CCC(C=Cc2ccccc2)(C=Cc2ccccc2)C=C1. The number of benzene rings is 3. The van der Waals surface area contributed by atoms with Gasteiger partial charge in [-0.3, -0.25) is 0 Å². The highest BCUT2D eigenvalue weighted by atomic mass is 14.3. The molecule has 3 aromatic rings. The Bertz CT molecular complexity index is 1030. The molecule has 0 radical (unpaired) electrons. The zero-order valence-corrected chi connectivity index (χ0v) is 17.1. The van der Waals surface area contributed by atoms with Crippen LogP contribution < -0.4 is 0 Å². The van der Waals surface area contributed by atoms with E-state index in [0.717, 1.165) is 6.42 Å². The third-order valence-corrected chi connectivity index (χ3v) is 5.32. The fourth-order valence-electron chi connectivity index (χ4n) is 3.50. The van der Waals surface area contributed by atoms with E-state index in [1.807, 2.05) is 6.07 Å². The highest BCUT2D eigenvalue weighted by Gasteiger charge is 2.21. The van der Waals surface area contributed by atoms with Crippen LogP contribution >= 0.6 is 0 Å². The molecule has 0 fully saturated rings. The standard InChI is InChI=1S/C30H26/c1-4-10-26(11-5-1)16-17-29-20-24-30(25-21-29,22-18-27-12-6-2-7-13-27)23-19-28-14-8-3-9-15-28/h1-24H,25H2. The Hall–Kier alpha value is -3.64. The Morgan fingerprint density at radius 3 is 1.43 bits per heavy atom. The van der Waals surface area contributed by atoms with Gasteiger partial charge in [-0.15, -0.1) is 0 Å². The van der Waals surface area contributed by atoms with E-state index in [1.165, 1.54) is 22.3 Å². The lowest BCUT2D eigenvalue weighted by molar-refractivity contribution is 0.638. The minimum absolute atomic E-state index is 0.129. The second kappa shape index (κ2) is 9.71. The first-order valence-corrected chi connectivity index (χ1v) is 10.4. The lowest BCUT2D eigenvalue weighted by Crippen LogP contribution is -2.13. The zero-order valence-electron chi connectivity index (χ0n) is 17.1. The van der Waals surface area contributed by atoms with Gasteiger partial charge in [0.25, 0.3) is 0 Å². The average molecular weight is 387 g/mol. The summed E-state index contributed by atoms with van der Waals surface area (Å²) in [5.41, 5.74) is 4.78. The summed E-state index contributed by atoms with van der Waals surface area (Å²) in [6.45, 7) is 0. The molecule has 4 rings (SSSR count). The van der Waals surface area contributed by atoms with Gasteiger partial charge in [0.15, 0.2) is 0 Å². The smallest absolute Gasteiger partial charge is 0.0286 e. The first kappa shape index (κ1) is 19.7. The molecule has 0 aromatic heterocycles. The molecular formula is C30H26. The Morgan fingerprint density at radius 1 is 0.533 bits per heavy atom. The van der Waals surface area contributed by atoms with Crippen molar-refractivity contribution in [2.75, 3.05) is 0 Å². The Labute approximate surface area is 179 Å². The molecule has 0 nitrogen and oxygen atoms in total. The fourth-order valence-corrected chi connectivity index (χ4v) is 3.50. The molecule has 0 atom stereocenters. The highest BCUT2D eigenvalue weighted by molar-refractivity contribution is 5.59. The quantitative estimate of drug-likeness (QED) is 0.402. The molecule has 1 aliphatic rings. The molecule has 0 spiro atoms. The molecule has 0 aliphatic heterocycles. The molecule has 0 unspecified atom stereocenters. The van der Waals surface area contributed by atoms with E-state index >= 15 is 0 Å². The lowest BCUT2D eigenvalue weighted by Gasteiger charge is -2.25. The lowest BCUT2D eigenvalue weighted by atomic mass is 9.78. The van der Waals surface area contributed by atoms with Gasteiger partial charge in [0.1, 0.15) is 0 Å². The van der Waals surface area contributed by atoms with Crippen LogP contribution in [-0.4, -0.2) is 0 Å². The van der Waals surface area contributed by atoms with Crippen molar-refractivity contribution in [1.82, 2.24) is 0 Å². The molecule has 0 amide bonds. The molecule has 3 aromatic carbocycles. The van der Waals surface area contributed by atoms with Gasteiger partial charge < -0.3 is 0 Å². The second-order valence-corrected chi connectivity index (χ2v) is 7.59. The van der Waals surface area contributed by atoms with Crippen molar-refractivity contribution in [2.45, 2.75) is 6.42 Å². The van der Waals surface area contributed by atoms with Crippen molar-refractivity contribution >= 4 is 18.2 Å². The topological polar surface area (TPSA) is 0 Å². The van der Waals surface area contributed by atoms with E-state index in [0.29, 0.717) is 0 Å². The average Bonchev–Trinajstić information content (AvgIpc) is 2.83. The van der Waals surface area contributed by atoms with Gasteiger partial charge in [0.2, 0.25) is 0 Å². The Balaban J connectivity index is 1.56. The molecule has 0 saturated carbocycles. The van der Waals surface area contributed by atoms with Crippen LogP contribution in [0, 0.1) is 5.41 Å². The van der Waals surface area contributed by atoms with E-state index in [-0.39, 0.29) is 5.41 Å². The summed E-state index contributed by atoms with van der Waals surface area (Å²) in [5, 5.41) is 0. The minimum atomic E-state index is -0.129. The van der Waals surface area contributed by atoms with Crippen molar-refractivity contribution in [2.24, 2.45) is 5.41 Å². The molecule has 0 N–H and O–H groups in total. The van der Waals surface area contributed by atoms with Crippen LogP contribution in [0.15, 0.2) is 133 Å². The molecule has 0 saturated heterocycles. The van der Waals surface area contributed by atoms with Crippen LogP contribution in [0.5, 0.6) is 0 Å². The summed E-state index contributed by atoms with van der Waals surface area (Å²) in [4.78, 5) is 0. The molecule has 0 heteroatoms.